The van der Waals surface area contributed by atoms with Gasteiger partial charge in [-0.25, -0.2) is 17.8 Å². The van der Waals surface area contributed by atoms with E-state index in [-0.39, 0.29) is 22.8 Å². The fraction of sp³-hybridized carbons (Fsp3) is 0.370. The first-order valence-corrected chi connectivity index (χ1v) is 14.7. The molecule has 1 saturated heterocycles. The van der Waals surface area contributed by atoms with E-state index < -0.39 is 21.8 Å². The minimum Gasteiger partial charge on any atom is -0.310 e. The highest BCUT2D eigenvalue weighted by atomic mass is 32.2. The molecular weight excluding hydrogens is 525 g/mol. The van der Waals surface area contributed by atoms with Crippen molar-refractivity contribution in [1.29, 1.82) is 0 Å². The summed E-state index contributed by atoms with van der Waals surface area (Å²) in [7, 11) is -3.83. The summed E-state index contributed by atoms with van der Waals surface area (Å²) in [6, 6.07) is 12.7. The van der Waals surface area contributed by atoms with Crippen molar-refractivity contribution in [2.24, 2.45) is 5.92 Å². The van der Waals surface area contributed by atoms with Crippen molar-refractivity contribution >= 4 is 43.3 Å². The molecule has 8 nitrogen and oxygen atoms in total. The van der Waals surface area contributed by atoms with Crippen molar-refractivity contribution < 1.29 is 17.6 Å². The largest absolute Gasteiger partial charge is 0.310 e. The van der Waals surface area contributed by atoms with Crippen LogP contribution in [-0.2, 0) is 20.2 Å². The van der Waals surface area contributed by atoms with Gasteiger partial charge in [-0.1, -0.05) is 38.2 Å². The number of aromatic nitrogens is 3. The lowest BCUT2D eigenvalue weighted by Crippen LogP contribution is -2.43. The lowest BCUT2D eigenvalue weighted by molar-refractivity contribution is -0.120. The number of aryl methyl sites for hydroxylation is 1. The molecule has 5 rings (SSSR count). The van der Waals surface area contributed by atoms with E-state index in [2.05, 4.69) is 43.3 Å². The van der Waals surface area contributed by atoms with Crippen LogP contribution in [0.5, 0.6) is 0 Å². The Morgan fingerprint density at radius 3 is 2.58 bits per heavy atom. The van der Waals surface area contributed by atoms with E-state index in [9.17, 15) is 17.6 Å². The molecule has 1 aliphatic rings. The monoisotopic (exact) mass is 555 g/mol. The summed E-state index contributed by atoms with van der Waals surface area (Å²) >= 11 is 1.50. The van der Waals surface area contributed by atoms with Crippen LogP contribution in [0.25, 0.3) is 15.3 Å². The summed E-state index contributed by atoms with van der Waals surface area (Å²) in [6.45, 7) is 8.70. The molecule has 0 radical (unpaired) electrons. The number of sulfonamides is 1. The Bertz CT molecular complexity index is 1600. The number of hydrogen-bond acceptors (Lipinski definition) is 6. The number of fused-ring (bicyclic) bond motifs is 1. The minimum absolute atomic E-state index is 0.0117. The summed E-state index contributed by atoms with van der Waals surface area (Å²) in [6.07, 6.45) is 1.11. The highest BCUT2D eigenvalue weighted by molar-refractivity contribution is 7.89. The fourth-order valence-corrected chi connectivity index (χ4v) is 7.06. The molecular formula is C27H30FN5O3S2. The van der Waals surface area contributed by atoms with Gasteiger partial charge in [0.05, 0.1) is 26.7 Å². The Morgan fingerprint density at radius 1 is 1.13 bits per heavy atom. The van der Waals surface area contributed by atoms with E-state index in [4.69, 9.17) is 4.98 Å². The number of piperidine rings is 1. The standard InChI is InChI=1S/C27H30FN5O3S2/c1-17-14-24(33(31-17)26-29-22-12-7-19(27(2,3)4)15-23(22)37-26)30-25(34)18-6-5-13-32(16-18)38(35,36)21-10-8-20(28)9-11-21/h7-12,14-15,18H,5-6,13,16H2,1-4H3,(H,30,34). The quantitative estimate of drug-likeness (QED) is 0.362. The molecule has 11 heteroatoms. The normalized spacial score (nSPS) is 17.1. The van der Waals surface area contributed by atoms with E-state index in [1.54, 1.807) is 10.7 Å². The van der Waals surface area contributed by atoms with E-state index in [0.29, 0.717) is 30.3 Å². The average Bonchev–Trinajstić information content (AvgIpc) is 3.46. The van der Waals surface area contributed by atoms with Gasteiger partial charge < -0.3 is 5.32 Å². The maximum atomic E-state index is 13.3. The predicted molar refractivity (Wildman–Crippen MR) is 147 cm³/mol. The molecule has 0 saturated carbocycles. The van der Waals surface area contributed by atoms with Crippen LogP contribution in [-0.4, -0.2) is 46.5 Å². The number of thiazole rings is 1. The van der Waals surface area contributed by atoms with Gasteiger partial charge in [-0.15, -0.1) is 0 Å². The summed E-state index contributed by atoms with van der Waals surface area (Å²) in [4.78, 5) is 18.1. The van der Waals surface area contributed by atoms with E-state index in [0.717, 1.165) is 28.0 Å². The second-order valence-corrected chi connectivity index (χ2v) is 13.6. The Labute approximate surface area is 225 Å². The second kappa shape index (κ2) is 9.87. The molecule has 0 bridgehead atoms. The van der Waals surface area contributed by atoms with Crippen molar-refractivity contribution in [2.75, 3.05) is 18.4 Å². The van der Waals surface area contributed by atoms with Crippen LogP contribution in [0.3, 0.4) is 0 Å². The van der Waals surface area contributed by atoms with Gasteiger partial charge >= 0.3 is 0 Å². The molecule has 2 aromatic heterocycles. The molecule has 1 atom stereocenters. The zero-order valence-corrected chi connectivity index (χ0v) is 23.4. The van der Waals surface area contributed by atoms with Crippen LogP contribution in [0.1, 0.15) is 44.9 Å². The molecule has 0 aliphatic carbocycles. The number of benzene rings is 2. The third kappa shape index (κ3) is 5.23. The zero-order chi connectivity index (χ0) is 27.2. The first-order valence-electron chi connectivity index (χ1n) is 12.5. The van der Waals surface area contributed by atoms with Gasteiger partial charge in [-0.2, -0.15) is 14.1 Å². The van der Waals surface area contributed by atoms with E-state index in [1.165, 1.54) is 33.3 Å². The van der Waals surface area contributed by atoms with Crippen molar-refractivity contribution in [2.45, 2.75) is 50.8 Å². The van der Waals surface area contributed by atoms with Crippen molar-refractivity contribution in [3.63, 3.8) is 0 Å². The fourth-order valence-electron chi connectivity index (χ4n) is 4.56. The molecule has 200 valence electrons. The molecule has 1 aliphatic heterocycles. The Balaban J connectivity index is 1.36. The number of rotatable bonds is 5. The maximum absolute atomic E-state index is 13.3. The first-order chi connectivity index (χ1) is 17.9. The first kappa shape index (κ1) is 26.5. The molecule has 3 heterocycles. The van der Waals surface area contributed by atoms with Gasteiger partial charge in [0, 0.05) is 19.2 Å². The smallest absolute Gasteiger partial charge is 0.243 e. The van der Waals surface area contributed by atoms with Crippen LogP contribution in [0.4, 0.5) is 10.2 Å². The van der Waals surface area contributed by atoms with Gasteiger partial charge in [0.1, 0.15) is 11.6 Å². The van der Waals surface area contributed by atoms with Crippen molar-refractivity contribution in [3.05, 3.63) is 65.6 Å². The highest BCUT2D eigenvalue weighted by Gasteiger charge is 2.34. The average molecular weight is 556 g/mol. The number of nitrogens with one attached hydrogen (secondary N) is 1. The number of carbonyl (C=O) groups excluding carboxylic acids is 1. The third-order valence-corrected chi connectivity index (χ3v) is 9.59. The molecule has 38 heavy (non-hydrogen) atoms. The topological polar surface area (TPSA) is 97.2 Å². The molecule has 4 aromatic rings. The van der Waals surface area contributed by atoms with Crippen LogP contribution in [0.2, 0.25) is 0 Å². The highest BCUT2D eigenvalue weighted by Crippen LogP contribution is 2.32. The third-order valence-electron chi connectivity index (χ3n) is 6.71. The minimum atomic E-state index is -3.83. The van der Waals surface area contributed by atoms with Crippen LogP contribution in [0, 0.1) is 18.7 Å². The van der Waals surface area contributed by atoms with E-state index in [1.807, 2.05) is 13.0 Å². The Kier molecular flexibility index (Phi) is 6.87. The number of nitrogens with zero attached hydrogens (tertiary/aromatic N) is 4. The van der Waals surface area contributed by atoms with Crippen molar-refractivity contribution in [3.8, 4) is 5.13 Å². The molecule has 2 aromatic carbocycles. The van der Waals surface area contributed by atoms with Gasteiger partial charge in [-0.05, 0) is 67.1 Å². The predicted octanol–water partition coefficient (Wildman–Crippen LogP) is 5.27. The second-order valence-electron chi connectivity index (χ2n) is 10.7. The van der Waals surface area contributed by atoms with Gasteiger partial charge in [0.25, 0.3) is 0 Å². The summed E-state index contributed by atoms with van der Waals surface area (Å²) < 4.78 is 43.4. The van der Waals surface area contributed by atoms with Crippen LogP contribution in [0.15, 0.2) is 53.4 Å². The number of hydrogen-bond donors (Lipinski definition) is 1. The van der Waals surface area contributed by atoms with Gasteiger partial charge in [-0.3, -0.25) is 4.79 Å². The number of carbonyl (C=O) groups is 1. The van der Waals surface area contributed by atoms with Crippen molar-refractivity contribution in [1.82, 2.24) is 19.1 Å². The Hall–Kier alpha value is -3.15. The molecule has 1 amide bonds. The van der Waals surface area contributed by atoms with Crippen LogP contribution >= 0.6 is 11.3 Å². The maximum Gasteiger partial charge on any atom is 0.243 e. The summed E-state index contributed by atoms with van der Waals surface area (Å²) in [5, 5.41) is 8.15. The molecule has 1 fully saturated rings. The molecule has 1 N–H and O–H groups in total. The number of anilines is 1. The summed E-state index contributed by atoms with van der Waals surface area (Å²) in [5.41, 5.74) is 2.80. The number of amides is 1. The van der Waals surface area contributed by atoms with E-state index >= 15 is 0 Å². The zero-order valence-electron chi connectivity index (χ0n) is 21.7. The van der Waals surface area contributed by atoms with Crippen LogP contribution < -0.4 is 5.32 Å². The summed E-state index contributed by atoms with van der Waals surface area (Å²) in [5.74, 6) is -0.829. The van der Waals surface area contributed by atoms with Gasteiger partial charge in [0.2, 0.25) is 21.1 Å². The SMILES string of the molecule is Cc1cc(NC(=O)C2CCCN(S(=O)(=O)c3ccc(F)cc3)C2)n(-c2nc3ccc(C(C)(C)C)cc3s2)n1. The Morgan fingerprint density at radius 2 is 1.87 bits per heavy atom. The lowest BCUT2D eigenvalue weighted by atomic mass is 9.87. The number of halogens is 1. The molecule has 1 unspecified atom stereocenters. The lowest BCUT2D eigenvalue weighted by Gasteiger charge is -2.31. The van der Waals surface area contributed by atoms with Gasteiger partial charge in [0.15, 0.2) is 0 Å². The molecule has 0 spiro atoms.